The first-order valence-electron chi connectivity index (χ1n) is 16.2. The van der Waals surface area contributed by atoms with Gasteiger partial charge in [0.15, 0.2) is 0 Å². The van der Waals surface area contributed by atoms with Crippen molar-refractivity contribution in [3.63, 3.8) is 0 Å². The molecule has 3 aromatic carbocycles. The summed E-state index contributed by atoms with van der Waals surface area (Å²) in [6.07, 6.45) is 10.2. The second-order valence-corrected chi connectivity index (χ2v) is 12.3. The van der Waals surface area contributed by atoms with Gasteiger partial charge >= 0.3 is 0 Å². The van der Waals surface area contributed by atoms with Crippen LogP contribution in [0.25, 0.3) is 60.6 Å². The molecule has 0 unspecified atom stereocenters. The molecule has 0 saturated carbocycles. The van der Waals surface area contributed by atoms with Gasteiger partial charge in [0, 0.05) is 39.5 Å². The highest BCUT2D eigenvalue weighted by atomic mass is 16.1. The van der Waals surface area contributed by atoms with E-state index in [1.807, 2.05) is 36.7 Å². The van der Waals surface area contributed by atoms with E-state index in [1.54, 1.807) is 6.20 Å². The van der Waals surface area contributed by atoms with Crippen molar-refractivity contribution in [1.82, 2.24) is 14.0 Å². The number of allylic oxidation sites excluding steroid dienone is 1. The Hall–Kier alpha value is -4.77. The number of pyridine rings is 2. The molecule has 0 saturated heterocycles. The van der Waals surface area contributed by atoms with E-state index in [2.05, 4.69) is 99.5 Å². The molecule has 5 heteroatoms. The number of rotatable bonds is 6. The van der Waals surface area contributed by atoms with Gasteiger partial charge in [-0.3, -0.25) is 14.3 Å². The quantitative estimate of drug-likeness (QED) is 0.154. The van der Waals surface area contributed by atoms with Crippen LogP contribution in [0, 0.1) is 12.3 Å². The maximum Gasteiger partial charge on any atom is 0.264 e. The minimum atomic E-state index is -0.0210. The molecule has 0 spiro atoms. The lowest BCUT2D eigenvalue weighted by molar-refractivity contribution is 0.816. The number of hydrogen-bond donors (Lipinski definition) is 1. The SMILES string of the molecule is CC.CC/C=C\c1c(C=N)n2c3cnccc3c3c4c(=O)n(-c5c(C)cc(C(C)C)cc5C(C)C)c5ccccc5c4cc1c32. The highest BCUT2D eigenvalue weighted by Gasteiger charge is 2.26. The molecule has 228 valence electrons. The van der Waals surface area contributed by atoms with E-state index >= 15 is 4.79 Å². The Morgan fingerprint density at radius 1 is 0.889 bits per heavy atom. The van der Waals surface area contributed by atoms with E-state index in [0.29, 0.717) is 11.3 Å². The van der Waals surface area contributed by atoms with Gasteiger partial charge in [0.1, 0.15) is 0 Å². The molecule has 0 atom stereocenters. The maximum atomic E-state index is 15.2. The number of para-hydroxylation sites is 1. The maximum absolute atomic E-state index is 15.2. The first-order valence-corrected chi connectivity index (χ1v) is 16.2. The number of hydrogen-bond acceptors (Lipinski definition) is 3. The van der Waals surface area contributed by atoms with Crippen LogP contribution in [0.15, 0.2) is 71.8 Å². The summed E-state index contributed by atoms with van der Waals surface area (Å²) in [6, 6.07) is 17.0. The fraction of sp³-hybridized carbons (Fsp3) is 0.275. The standard InChI is InChI=1S/C38H36N4O.C2H6/c1-7-8-11-26-30-18-29-25-12-9-10-13-31(25)42(36-23(6)16-24(21(2)3)17-28(36)22(4)5)38(43)35(29)34-27-14-15-40-20-33(27)41(37(30)34)32(26)19-39;1-2/h8-22,39H,7H2,1-6H3;1-2H3/b11-8-,39-19?;. The van der Waals surface area contributed by atoms with Crippen molar-refractivity contribution in [3.8, 4) is 5.69 Å². The van der Waals surface area contributed by atoms with Gasteiger partial charge in [0.05, 0.1) is 39.5 Å². The van der Waals surface area contributed by atoms with Gasteiger partial charge < -0.3 is 9.81 Å². The van der Waals surface area contributed by atoms with Crippen LogP contribution in [0.2, 0.25) is 0 Å². The molecule has 0 amide bonds. The van der Waals surface area contributed by atoms with Crippen molar-refractivity contribution in [2.24, 2.45) is 0 Å². The lowest BCUT2D eigenvalue weighted by atomic mass is 9.90. The largest absolute Gasteiger partial charge is 0.307 e. The zero-order chi connectivity index (χ0) is 32.2. The molecular formula is C40H42N4O. The molecule has 5 nitrogen and oxygen atoms in total. The summed E-state index contributed by atoms with van der Waals surface area (Å²) in [5.41, 5.74) is 9.10. The second-order valence-electron chi connectivity index (χ2n) is 12.3. The van der Waals surface area contributed by atoms with Gasteiger partial charge in [-0.25, -0.2) is 0 Å². The van der Waals surface area contributed by atoms with Gasteiger partial charge in [-0.1, -0.05) is 91.0 Å². The average Bonchev–Trinajstić information content (AvgIpc) is 3.55. The number of fused-ring (bicyclic) bond motifs is 7. The van der Waals surface area contributed by atoms with Crippen molar-refractivity contribution in [2.45, 2.75) is 73.6 Å². The molecule has 0 fully saturated rings. The third kappa shape index (κ3) is 4.40. The molecule has 7 aromatic rings. The minimum Gasteiger partial charge on any atom is -0.307 e. The van der Waals surface area contributed by atoms with Crippen molar-refractivity contribution in [3.05, 3.63) is 105 Å². The van der Waals surface area contributed by atoms with E-state index < -0.39 is 0 Å². The van der Waals surface area contributed by atoms with E-state index in [-0.39, 0.29) is 11.5 Å². The van der Waals surface area contributed by atoms with E-state index in [9.17, 15) is 0 Å². The van der Waals surface area contributed by atoms with E-state index in [0.717, 1.165) is 72.4 Å². The molecule has 0 aliphatic rings. The zero-order valence-electron chi connectivity index (χ0n) is 27.6. The molecule has 45 heavy (non-hydrogen) atoms. The Bertz CT molecular complexity index is 2330. The molecule has 4 aromatic heterocycles. The van der Waals surface area contributed by atoms with Gasteiger partial charge in [-0.05, 0) is 65.5 Å². The zero-order valence-corrected chi connectivity index (χ0v) is 27.6. The van der Waals surface area contributed by atoms with Gasteiger partial charge in [0.2, 0.25) is 0 Å². The lowest BCUT2D eigenvalue weighted by Crippen LogP contribution is -2.22. The fourth-order valence-electron chi connectivity index (χ4n) is 7.02. The topological polar surface area (TPSA) is 63.2 Å². The monoisotopic (exact) mass is 594 g/mol. The Balaban J connectivity index is 0.00000175. The average molecular weight is 595 g/mol. The molecular weight excluding hydrogens is 552 g/mol. The summed E-state index contributed by atoms with van der Waals surface area (Å²) in [7, 11) is 0. The molecule has 0 aliphatic heterocycles. The summed E-state index contributed by atoms with van der Waals surface area (Å²) >= 11 is 0. The predicted octanol–water partition coefficient (Wildman–Crippen LogP) is 10.5. The third-order valence-corrected chi connectivity index (χ3v) is 9.01. The molecule has 0 bridgehead atoms. The van der Waals surface area contributed by atoms with E-state index in [1.165, 1.54) is 17.3 Å². The number of nitrogens with one attached hydrogen (secondary N) is 1. The molecule has 0 aliphatic carbocycles. The van der Waals surface area contributed by atoms with Gasteiger partial charge in [-0.15, -0.1) is 0 Å². The van der Waals surface area contributed by atoms with Gasteiger partial charge in [0.25, 0.3) is 5.56 Å². The van der Waals surface area contributed by atoms with Gasteiger partial charge in [-0.2, -0.15) is 0 Å². The van der Waals surface area contributed by atoms with Crippen LogP contribution in [-0.4, -0.2) is 20.2 Å². The predicted molar refractivity (Wildman–Crippen MR) is 193 cm³/mol. The van der Waals surface area contributed by atoms with Crippen molar-refractivity contribution in [1.29, 1.82) is 5.41 Å². The summed E-state index contributed by atoms with van der Waals surface area (Å²) in [4.78, 5) is 19.6. The smallest absolute Gasteiger partial charge is 0.264 e. The Labute approximate surface area is 264 Å². The number of aromatic nitrogens is 3. The number of aryl methyl sites for hydroxylation is 1. The fourth-order valence-corrected chi connectivity index (χ4v) is 7.02. The van der Waals surface area contributed by atoms with Crippen LogP contribution < -0.4 is 5.56 Å². The van der Waals surface area contributed by atoms with Crippen LogP contribution >= 0.6 is 0 Å². The van der Waals surface area contributed by atoms with E-state index in [4.69, 9.17) is 5.41 Å². The first kappa shape index (κ1) is 30.3. The van der Waals surface area contributed by atoms with Crippen LogP contribution in [0.5, 0.6) is 0 Å². The summed E-state index contributed by atoms with van der Waals surface area (Å²) in [5, 5.41) is 14.1. The highest BCUT2D eigenvalue weighted by Crippen LogP contribution is 2.43. The number of benzene rings is 3. The minimum absolute atomic E-state index is 0.0210. The molecule has 1 N–H and O–H groups in total. The van der Waals surface area contributed by atoms with Crippen LogP contribution in [0.4, 0.5) is 0 Å². The molecule has 0 radical (unpaired) electrons. The summed E-state index contributed by atoms with van der Waals surface area (Å²) in [5.74, 6) is 0.625. The molecule has 7 rings (SSSR count). The summed E-state index contributed by atoms with van der Waals surface area (Å²) in [6.45, 7) is 17.1. The Morgan fingerprint density at radius 3 is 2.33 bits per heavy atom. The second kappa shape index (κ2) is 11.6. The Morgan fingerprint density at radius 2 is 1.64 bits per heavy atom. The van der Waals surface area contributed by atoms with Crippen LogP contribution in [-0.2, 0) is 0 Å². The van der Waals surface area contributed by atoms with Crippen molar-refractivity contribution >= 4 is 61.2 Å². The summed E-state index contributed by atoms with van der Waals surface area (Å²) < 4.78 is 4.09. The van der Waals surface area contributed by atoms with Crippen LogP contribution in [0.3, 0.4) is 0 Å². The van der Waals surface area contributed by atoms with Crippen molar-refractivity contribution < 1.29 is 0 Å². The highest BCUT2D eigenvalue weighted by molar-refractivity contribution is 6.30. The van der Waals surface area contributed by atoms with Crippen molar-refractivity contribution in [2.75, 3.05) is 0 Å². The Kier molecular flexibility index (Phi) is 7.82. The number of nitrogens with zero attached hydrogens (tertiary/aromatic N) is 3. The molecule has 4 heterocycles. The van der Waals surface area contributed by atoms with Crippen LogP contribution in [0.1, 0.15) is 94.7 Å². The lowest BCUT2D eigenvalue weighted by Gasteiger charge is -2.23. The first-order chi connectivity index (χ1) is 21.8. The third-order valence-electron chi connectivity index (χ3n) is 9.01. The normalized spacial score (nSPS) is 12.1.